The SMILES string of the molecule is COc1ccc(CCNC2CCCC2C2COCCN2)cc1F. The predicted molar refractivity (Wildman–Crippen MR) is 88.4 cm³/mol. The summed E-state index contributed by atoms with van der Waals surface area (Å²) in [5, 5.41) is 7.27. The van der Waals surface area contributed by atoms with E-state index in [0.29, 0.717) is 23.8 Å². The van der Waals surface area contributed by atoms with Crippen LogP contribution in [-0.2, 0) is 11.2 Å². The molecule has 1 aromatic carbocycles. The molecule has 0 amide bonds. The van der Waals surface area contributed by atoms with Gasteiger partial charge in [0, 0.05) is 18.6 Å². The highest BCUT2D eigenvalue weighted by Crippen LogP contribution is 2.29. The van der Waals surface area contributed by atoms with E-state index >= 15 is 0 Å². The van der Waals surface area contributed by atoms with Crippen LogP contribution in [0.15, 0.2) is 18.2 Å². The fourth-order valence-electron chi connectivity index (χ4n) is 3.85. The van der Waals surface area contributed by atoms with E-state index in [4.69, 9.17) is 9.47 Å². The number of ether oxygens (including phenoxy) is 2. The van der Waals surface area contributed by atoms with Gasteiger partial charge in [-0.1, -0.05) is 12.5 Å². The monoisotopic (exact) mass is 322 g/mol. The molecule has 1 heterocycles. The number of halogens is 1. The Hall–Kier alpha value is -1.17. The van der Waals surface area contributed by atoms with Crippen molar-refractivity contribution in [3.63, 3.8) is 0 Å². The van der Waals surface area contributed by atoms with Gasteiger partial charge in [-0.2, -0.15) is 0 Å². The highest BCUT2D eigenvalue weighted by molar-refractivity contribution is 5.29. The highest BCUT2D eigenvalue weighted by atomic mass is 19.1. The predicted octanol–water partition coefficient (Wildman–Crippen LogP) is 2.12. The Labute approximate surface area is 137 Å². The summed E-state index contributed by atoms with van der Waals surface area (Å²) in [6.45, 7) is 3.48. The Morgan fingerprint density at radius 2 is 2.30 bits per heavy atom. The van der Waals surface area contributed by atoms with E-state index in [2.05, 4.69) is 10.6 Å². The van der Waals surface area contributed by atoms with Crippen molar-refractivity contribution in [2.24, 2.45) is 5.92 Å². The number of methoxy groups -OCH3 is 1. The maximum atomic E-state index is 13.7. The first-order valence-electron chi connectivity index (χ1n) is 8.65. The molecule has 3 unspecified atom stereocenters. The Morgan fingerprint density at radius 1 is 1.39 bits per heavy atom. The van der Waals surface area contributed by atoms with Gasteiger partial charge in [0.05, 0.1) is 20.3 Å². The summed E-state index contributed by atoms with van der Waals surface area (Å²) in [6.07, 6.45) is 4.59. The standard InChI is InChI=1S/C18H27FN2O2/c1-22-18-6-5-13(11-15(18)19)7-8-20-16-4-2-3-14(16)17-12-23-10-9-21-17/h5-6,11,14,16-17,20-21H,2-4,7-10,12H2,1H3. The largest absolute Gasteiger partial charge is 0.494 e. The molecule has 1 aliphatic heterocycles. The van der Waals surface area contributed by atoms with Gasteiger partial charge in [-0.25, -0.2) is 4.39 Å². The topological polar surface area (TPSA) is 42.5 Å². The summed E-state index contributed by atoms with van der Waals surface area (Å²) in [5.74, 6) is 0.663. The molecule has 2 fully saturated rings. The van der Waals surface area contributed by atoms with Crippen molar-refractivity contribution < 1.29 is 13.9 Å². The third-order valence-corrected chi connectivity index (χ3v) is 5.07. The molecule has 0 aromatic heterocycles. The first-order chi connectivity index (χ1) is 11.3. The van der Waals surface area contributed by atoms with E-state index in [0.717, 1.165) is 38.3 Å². The molecule has 1 saturated carbocycles. The van der Waals surface area contributed by atoms with Gasteiger partial charge in [0.1, 0.15) is 0 Å². The second kappa shape index (κ2) is 8.08. The summed E-state index contributed by atoms with van der Waals surface area (Å²) < 4.78 is 24.3. The zero-order valence-electron chi connectivity index (χ0n) is 13.8. The Balaban J connectivity index is 1.48. The van der Waals surface area contributed by atoms with Crippen LogP contribution >= 0.6 is 0 Å². The molecule has 5 heteroatoms. The molecule has 0 bridgehead atoms. The van der Waals surface area contributed by atoms with Crippen molar-refractivity contribution in [3.8, 4) is 5.75 Å². The van der Waals surface area contributed by atoms with Crippen LogP contribution in [0.3, 0.4) is 0 Å². The number of nitrogens with one attached hydrogen (secondary N) is 2. The normalized spacial score (nSPS) is 28.0. The van der Waals surface area contributed by atoms with Crippen molar-refractivity contribution >= 4 is 0 Å². The number of hydrogen-bond donors (Lipinski definition) is 2. The molecule has 1 aromatic rings. The molecular weight excluding hydrogens is 295 g/mol. The number of rotatable bonds is 6. The minimum atomic E-state index is -0.285. The lowest BCUT2D eigenvalue weighted by atomic mass is 9.94. The van der Waals surface area contributed by atoms with E-state index < -0.39 is 0 Å². The van der Waals surface area contributed by atoms with Gasteiger partial charge in [-0.15, -0.1) is 0 Å². The van der Waals surface area contributed by atoms with Crippen molar-refractivity contribution in [3.05, 3.63) is 29.6 Å². The van der Waals surface area contributed by atoms with Gasteiger partial charge in [-0.05, 0) is 49.4 Å². The number of hydrogen-bond acceptors (Lipinski definition) is 4. The van der Waals surface area contributed by atoms with Gasteiger partial charge in [-0.3, -0.25) is 0 Å². The fraction of sp³-hybridized carbons (Fsp3) is 0.667. The van der Waals surface area contributed by atoms with Gasteiger partial charge < -0.3 is 20.1 Å². The van der Waals surface area contributed by atoms with Crippen LogP contribution in [0.25, 0.3) is 0 Å². The third kappa shape index (κ3) is 4.22. The minimum absolute atomic E-state index is 0.285. The molecule has 0 radical (unpaired) electrons. The molecule has 128 valence electrons. The van der Waals surface area contributed by atoms with Gasteiger partial charge in [0.25, 0.3) is 0 Å². The molecule has 3 rings (SSSR count). The number of benzene rings is 1. The van der Waals surface area contributed by atoms with Crippen LogP contribution in [0, 0.1) is 11.7 Å². The molecule has 0 spiro atoms. The van der Waals surface area contributed by atoms with Crippen molar-refractivity contribution in [1.82, 2.24) is 10.6 Å². The van der Waals surface area contributed by atoms with Crippen molar-refractivity contribution in [1.29, 1.82) is 0 Å². The van der Waals surface area contributed by atoms with Crippen LogP contribution in [-0.4, -0.2) is 45.5 Å². The first kappa shape index (κ1) is 16.7. The third-order valence-electron chi connectivity index (χ3n) is 5.07. The fourth-order valence-corrected chi connectivity index (χ4v) is 3.85. The van der Waals surface area contributed by atoms with Crippen LogP contribution in [0.1, 0.15) is 24.8 Å². The van der Waals surface area contributed by atoms with Crippen LogP contribution in [0.5, 0.6) is 5.75 Å². The zero-order valence-corrected chi connectivity index (χ0v) is 13.8. The Bertz CT molecular complexity index is 506. The molecule has 1 aliphatic carbocycles. The Morgan fingerprint density at radius 3 is 3.04 bits per heavy atom. The van der Waals surface area contributed by atoms with Crippen LogP contribution in [0.2, 0.25) is 0 Å². The molecular formula is C18H27FN2O2. The van der Waals surface area contributed by atoms with E-state index in [1.54, 1.807) is 12.1 Å². The number of morpholine rings is 1. The smallest absolute Gasteiger partial charge is 0.165 e. The maximum Gasteiger partial charge on any atom is 0.165 e. The highest BCUT2D eigenvalue weighted by Gasteiger charge is 2.34. The van der Waals surface area contributed by atoms with Crippen molar-refractivity contribution in [2.75, 3.05) is 33.4 Å². The first-order valence-corrected chi connectivity index (χ1v) is 8.65. The van der Waals surface area contributed by atoms with Crippen LogP contribution in [0.4, 0.5) is 4.39 Å². The Kier molecular flexibility index (Phi) is 5.86. The average molecular weight is 322 g/mol. The maximum absolute atomic E-state index is 13.7. The quantitative estimate of drug-likeness (QED) is 0.842. The zero-order chi connectivity index (χ0) is 16.1. The van der Waals surface area contributed by atoms with E-state index in [9.17, 15) is 4.39 Å². The molecule has 2 N–H and O–H groups in total. The lowest BCUT2D eigenvalue weighted by Crippen LogP contribution is -2.51. The lowest BCUT2D eigenvalue weighted by molar-refractivity contribution is 0.0526. The molecule has 2 aliphatic rings. The lowest BCUT2D eigenvalue weighted by Gasteiger charge is -2.33. The van der Waals surface area contributed by atoms with E-state index in [1.807, 2.05) is 6.07 Å². The summed E-state index contributed by atoms with van der Waals surface area (Å²) in [6, 6.07) is 6.22. The molecule has 4 nitrogen and oxygen atoms in total. The van der Waals surface area contributed by atoms with E-state index in [-0.39, 0.29) is 5.82 Å². The van der Waals surface area contributed by atoms with Gasteiger partial charge in [0.15, 0.2) is 11.6 Å². The summed E-state index contributed by atoms with van der Waals surface area (Å²) in [7, 11) is 1.49. The van der Waals surface area contributed by atoms with Crippen LogP contribution < -0.4 is 15.4 Å². The average Bonchev–Trinajstić information content (AvgIpc) is 3.04. The minimum Gasteiger partial charge on any atom is -0.494 e. The second-order valence-corrected chi connectivity index (χ2v) is 6.51. The molecule has 1 saturated heterocycles. The molecule has 3 atom stereocenters. The van der Waals surface area contributed by atoms with Gasteiger partial charge >= 0.3 is 0 Å². The summed E-state index contributed by atoms with van der Waals surface area (Å²) in [4.78, 5) is 0. The second-order valence-electron chi connectivity index (χ2n) is 6.51. The summed E-state index contributed by atoms with van der Waals surface area (Å²) in [5.41, 5.74) is 1.00. The van der Waals surface area contributed by atoms with E-state index in [1.165, 1.54) is 26.4 Å². The van der Waals surface area contributed by atoms with Crippen molar-refractivity contribution in [2.45, 2.75) is 37.8 Å². The molecule has 23 heavy (non-hydrogen) atoms. The summed E-state index contributed by atoms with van der Waals surface area (Å²) >= 11 is 0. The van der Waals surface area contributed by atoms with Gasteiger partial charge in [0.2, 0.25) is 0 Å².